The Morgan fingerprint density at radius 3 is 2.38 bits per heavy atom. The molecule has 0 aromatic heterocycles. The Labute approximate surface area is 215 Å². The van der Waals surface area contributed by atoms with E-state index in [9.17, 15) is 20.4 Å². The molecular weight excluding hydrogens is 462 g/mol. The molecule has 37 heavy (non-hydrogen) atoms. The predicted octanol–water partition coefficient (Wildman–Crippen LogP) is 5.69. The molecule has 0 saturated heterocycles. The average Bonchev–Trinajstić information content (AvgIpc) is 3.23. The van der Waals surface area contributed by atoms with E-state index >= 15 is 0 Å². The van der Waals surface area contributed by atoms with Gasteiger partial charge in [-0.3, -0.25) is 0 Å². The van der Waals surface area contributed by atoms with E-state index in [0.29, 0.717) is 6.42 Å². The van der Waals surface area contributed by atoms with Gasteiger partial charge in [-0.05, 0) is 95.1 Å². The average molecular weight is 490 g/mol. The second-order valence-corrected chi connectivity index (χ2v) is 10.5. The smallest absolute Gasteiger partial charge is 0.123 e. The summed E-state index contributed by atoms with van der Waals surface area (Å²) in [4.78, 5) is 2.37. The molecule has 0 saturated carbocycles. The second kappa shape index (κ2) is 7.81. The van der Waals surface area contributed by atoms with E-state index < -0.39 is 5.41 Å². The van der Waals surface area contributed by atoms with Crippen molar-refractivity contribution in [3.63, 3.8) is 0 Å². The molecule has 4 bridgehead atoms. The highest BCUT2D eigenvalue weighted by Crippen LogP contribution is 2.57. The zero-order valence-corrected chi connectivity index (χ0v) is 20.2. The molecule has 3 heterocycles. The Kier molecular flexibility index (Phi) is 4.61. The lowest BCUT2D eigenvalue weighted by Gasteiger charge is -2.47. The van der Waals surface area contributed by atoms with Crippen LogP contribution in [0.1, 0.15) is 34.2 Å². The summed E-state index contributed by atoms with van der Waals surface area (Å²) in [5.74, 6) is 0.827. The van der Waals surface area contributed by atoms with E-state index in [4.69, 9.17) is 0 Å². The maximum absolute atomic E-state index is 11.3. The molecular formula is C32H27NO4. The quantitative estimate of drug-likeness (QED) is 0.276. The molecule has 8 rings (SSSR count). The Morgan fingerprint density at radius 2 is 1.54 bits per heavy atom. The lowest BCUT2D eigenvalue weighted by Crippen LogP contribution is -2.50. The van der Waals surface area contributed by atoms with Gasteiger partial charge in [-0.1, -0.05) is 36.4 Å². The van der Waals surface area contributed by atoms with Crippen LogP contribution in [0, 0.1) is 0 Å². The van der Waals surface area contributed by atoms with Crippen LogP contribution in [0.4, 0.5) is 0 Å². The number of benzene rings is 4. The minimum atomic E-state index is -0.614. The van der Waals surface area contributed by atoms with E-state index in [1.54, 1.807) is 24.3 Å². The minimum absolute atomic E-state index is 0.0230. The van der Waals surface area contributed by atoms with Crippen LogP contribution < -0.4 is 0 Å². The van der Waals surface area contributed by atoms with Crippen molar-refractivity contribution in [2.75, 3.05) is 6.54 Å². The third-order valence-corrected chi connectivity index (χ3v) is 8.47. The number of hydrogen-bond donors (Lipinski definition) is 4. The summed E-state index contributed by atoms with van der Waals surface area (Å²) in [7, 11) is 0. The molecule has 0 fully saturated rings. The van der Waals surface area contributed by atoms with Gasteiger partial charge >= 0.3 is 0 Å². The number of fused-ring (bicyclic) bond motifs is 6. The lowest BCUT2D eigenvalue weighted by molar-refractivity contribution is 0.196. The highest BCUT2D eigenvalue weighted by atomic mass is 16.3. The largest absolute Gasteiger partial charge is 0.508 e. The minimum Gasteiger partial charge on any atom is -0.508 e. The Balaban J connectivity index is 1.53. The van der Waals surface area contributed by atoms with Gasteiger partial charge in [0.05, 0.1) is 0 Å². The van der Waals surface area contributed by atoms with Crippen molar-refractivity contribution in [2.45, 2.75) is 30.7 Å². The molecule has 2 atom stereocenters. The fraction of sp³-hybridized carbons (Fsp3) is 0.188. The lowest BCUT2D eigenvalue weighted by atomic mass is 9.65. The summed E-state index contributed by atoms with van der Waals surface area (Å²) < 4.78 is 0. The molecule has 4 aromatic carbocycles. The van der Waals surface area contributed by atoms with Gasteiger partial charge in [0.1, 0.15) is 23.0 Å². The molecule has 4 N–H and O–H groups in total. The van der Waals surface area contributed by atoms with Crippen molar-refractivity contribution >= 4 is 5.57 Å². The first-order valence-electron chi connectivity index (χ1n) is 12.7. The van der Waals surface area contributed by atoms with Gasteiger partial charge in [-0.15, -0.1) is 0 Å². The number of allylic oxidation sites excluding steroid dienone is 1. The van der Waals surface area contributed by atoms with Crippen LogP contribution in [-0.4, -0.2) is 37.9 Å². The third-order valence-electron chi connectivity index (χ3n) is 8.47. The molecule has 0 spiro atoms. The highest BCUT2D eigenvalue weighted by molar-refractivity contribution is 5.86. The van der Waals surface area contributed by atoms with E-state index in [-0.39, 0.29) is 29.0 Å². The molecule has 0 radical (unpaired) electrons. The Hall–Kier alpha value is -4.38. The van der Waals surface area contributed by atoms with Crippen LogP contribution in [0.2, 0.25) is 0 Å². The van der Waals surface area contributed by atoms with Gasteiger partial charge in [-0.2, -0.15) is 0 Å². The highest BCUT2D eigenvalue weighted by Gasteiger charge is 2.54. The normalized spacial score (nSPS) is 21.5. The number of hydrogen-bond acceptors (Lipinski definition) is 5. The zero-order valence-electron chi connectivity index (χ0n) is 20.2. The Morgan fingerprint density at radius 1 is 0.730 bits per heavy atom. The third kappa shape index (κ3) is 3.17. The number of nitrogens with zero attached hydrogens (tertiary/aromatic N) is 1. The van der Waals surface area contributed by atoms with Crippen LogP contribution in [0.25, 0.3) is 16.7 Å². The van der Waals surface area contributed by atoms with Gasteiger partial charge in [0, 0.05) is 35.3 Å². The van der Waals surface area contributed by atoms with Gasteiger partial charge in [-0.25, -0.2) is 0 Å². The van der Waals surface area contributed by atoms with E-state index in [1.807, 2.05) is 42.5 Å². The summed E-state index contributed by atoms with van der Waals surface area (Å²) in [5, 5.41) is 43.3. The van der Waals surface area contributed by atoms with Gasteiger partial charge in [0.2, 0.25) is 0 Å². The van der Waals surface area contributed by atoms with Crippen molar-refractivity contribution < 1.29 is 20.4 Å². The van der Waals surface area contributed by atoms with E-state index in [0.717, 1.165) is 63.9 Å². The number of aromatic hydroxyl groups is 4. The summed E-state index contributed by atoms with van der Waals surface area (Å²) in [5.41, 5.74) is 6.81. The monoisotopic (exact) mass is 489 g/mol. The van der Waals surface area contributed by atoms with Crippen molar-refractivity contribution in [3.8, 4) is 34.1 Å². The maximum Gasteiger partial charge on any atom is 0.123 e. The predicted molar refractivity (Wildman–Crippen MR) is 143 cm³/mol. The fourth-order valence-corrected chi connectivity index (χ4v) is 6.92. The van der Waals surface area contributed by atoms with Crippen molar-refractivity contribution in [3.05, 3.63) is 113 Å². The van der Waals surface area contributed by atoms with Crippen molar-refractivity contribution in [1.82, 2.24) is 4.90 Å². The first-order chi connectivity index (χ1) is 17.9. The SMILES string of the molecule is Oc1cccc([C@]23CC4=CN(CCc5ccc(c(O)c5)-c5ccc(O)cc54)[C@H]2Cc2cccc(O)c23)c1. The molecule has 184 valence electrons. The van der Waals surface area contributed by atoms with E-state index in [2.05, 4.69) is 23.2 Å². The maximum atomic E-state index is 11.3. The molecule has 0 unspecified atom stereocenters. The van der Waals surface area contributed by atoms with Crippen LogP contribution in [0.3, 0.4) is 0 Å². The Bertz CT molecular complexity index is 1610. The molecule has 1 aliphatic carbocycles. The summed E-state index contributed by atoms with van der Waals surface area (Å²) in [6.45, 7) is 0.719. The van der Waals surface area contributed by atoms with Crippen molar-refractivity contribution in [1.29, 1.82) is 0 Å². The van der Waals surface area contributed by atoms with Gasteiger partial charge < -0.3 is 25.3 Å². The first-order valence-corrected chi connectivity index (χ1v) is 12.7. The van der Waals surface area contributed by atoms with Gasteiger partial charge in [0.15, 0.2) is 0 Å². The zero-order chi connectivity index (χ0) is 25.3. The van der Waals surface area contributed by atoms with Crippen LogP contribution in [-0.2, 0) is 18.3 Å². The molecule has 0 amide bonds. The summed E-state index contributed by atoms with van der Waals surface area (Å²) in [6, 6.07) is 24.3. The molecule has 5 nitrogen and oxygen atoms in total. The van der Waals surface area contributed by atoms with Crippen LogP contribution in [0.15, 0.2) is 85.1 Å². The summed E-state index contributed by atoms with van der Waals surface area (Å²) >= 11 is 0. The number of phenols is 4. The number of phenolic OH excluding ortho intramolecular Hbond substituents is 4. The topological polar surface area (TPSA) is 84.2 Å². The van der Waals surface area contributed by atoms with Crippen molar-refractivity contribution in [2.24, 2.45) is 0 Å². The first kappa shape index (κ1) is 21.9. The number of rotatable bonds is 1. The second-order valence-electron chi connectivity index (χ2n) is 10.5. The van der Waals surface area contributed by atoms with Gasteiger partial charge in [0.25, 0.3) is 0 Å². The standard InChI is InChI=1S/C32H27NO4/c34-23-5-2-4-22(15-23)32-17-21-18-33(30(32)14-20-3-1-6-28(36)31(20)32)12-11-19-7-9-26(29(37)13-19)25-10-8-24(35)16-27(21)25/h1-10,13,15-16,18,30,34-37H,11-12,14,17H2/t30-,32+/m0/s1. The van der Waals surface area contributed by atoms with Crippen LogP contribution in [0.5, 0.6) is 23.0 Å². The van der Waals surface area contributed by atoms with Crippen LogP contribution >= 0.6 is 0 Å². The molecule has 3 aliphatic heterocycles. The summed E-state index contributed by atoms with van der Waals surface area (Å²) in [6.07, 6.45) is 4.28. The fourth-order valence-electron chi connectivity index (χ4n) is 6.92. The molecule has 4 aromatic rings. The molecule has 4 aliphatic rings. The molecule has 5 heteroatoms. The van der Waals surface area contributed by atoms with E-state index in [1.165, 1.54) is 0 Å².